The largest absolute Gasteiger partial charge is 0.314 e. The molecule has 1 aliphatic heterocycles. The highest BCUT2D eigenvalue weighted by atomic mass is 15.1. The van der Waals surface area contributed by atoms with Gasteiger partial charge in [-0.3, -0.25) is 4.90 Å². The van der Waals surface area contributed by atoms with E-state index in [4.69, 9.17) is 0 Å². The van der Waals surface area contributed by atoms with Crippen molar-refractivity contribution in [3.63, 3.8) is 0 Å². The molecule has 4 rings (SSSR count). The van der Waals surface area contributed by atoms with Gasteiger partial charge in [0, 0.05) is 12.6 Å². The fourth-order valence-corrected chi connectivity index (χ4v) is 3.57. The zero-order chi connectivity index (χ0) is 14.1. The number of rotatable bonds is 6. The van der Waals surface area contributed by atoms with Crippen LogP contribution in [0.4, 0.5) is 0 Å². The number of piperidine rings is 1. The van der Waals surface area contributed by atoms with Crippen molar-refractivity contribution in [2.75, 3.05) is 19.6 Å². The summed E-state index contributed by atoms with van der Waals surface area (Å²) in [6.45, 7) is 4.94. The Labute approximate surface area is 128 Å². The highest BCUT2D eigenvalue weighted by Crippen LogP contribution is 2.40. The first kappa shape index (κ1) is 13.8. The molecule has 0 bridgehead atoms. The van der Waals surface area contributed by atoms with Crippen LogP contribution in [0, 0.1) is 5.92 Å². The number of benzene rings is 1. The van der Waals surface area contributed by atoms with E-state index in [0.29, 0.717) is 0 Å². The molecule has 0 radical (unpaired) electrons. The van der Waals surface area contributed by atoms with Gasteiger partial charge >= 0.3 is 0 Å². The standard InChI is InChI=1S/C19H28N2/c1-2-16(12-18(3-1)17-6-7-17)14-21-10-8-19(9-11-21)20-13-15-4-5-15/h1-3,12,15,17,19-20H,4-11,13-14H2. The third kappa shape index (κ3) is 3.87. The quantitative estimate of drug-likeness (QED) is 0.859. The summed E-state index contributed by atoms with van der Waals surface area (Å²) < 4.78 is 0. The SMILES string of the molecule is c1cc(CN2CCC(NCC3CC3)CC2)cc(C2CC2)c1. The van der Waals surface area contributed by atoms with Crippen LogP contribution in [-0.4, -0.2) is 30.6 Å². The van der Waals surface area contributed by atoms with Crippen molar-refractivity contribution in [2.24, 2.45) is 5.92 Å². The van der Waals surface area contributed by atoms with Crippen LogP contribution in [0.1, 0.15) is 55.6 Å². The minimum absolute atomic E-state index is 0.777. The number of hydrogen-bond donors (Lipinski definition) is 1. The maximum Gasteiger partial charge on any atom is 0.0233 e. The lowest BCUT2D eigenvalue weighted by atomic mass is 10.0. The minimum Gasteiger partial charge on any atom is -0.314 e. The van der Waals surface area contributed by atoms with Crippen LogP contribution in [0.2, 0.25) is 0 Å². The monoisotopic (exact) mass is 284 g/mol. The second-order valence-electron chi connectivity index (χ2n) is 7.42. The van der Waals surface area contributed by atoms with Gasteiger partial charge in [0.15, 0.2) is 0 Å². The molecule has 1 aromatic rings. The van der Waals surface area contributed by atoms with Crippen molar-refractivity contribution in [1.29, 1.82) is 0 Å². The molecule has 0 atom stereocenters. The zero-order valence-corrected chi connectivity index (χ0v) is 13.1. The van der Waals surface area contributed by atoms with Gasteiger partial charge in [-0.1, -0.05) is 24.3 Å². The van der Waals surface area contributed by atoms with Gasteiger partial charge in [0.1, 0.15) is 0 Å². The summed E-state index contributed by atoms with van der Waals surface area (Å²) in [7, 11) is 0. The maximum absolute atomic E-state index is 3.77. The molecule has 1 N–H and O–H groups in total. The first-order valence-electron chi connectivity index (χ1n) is 8.91. The number of hydrogen-bond acceptors (Lipinski definition) is 2. The Hall–Kier alpha value is -0.860. The second-order valence-corrected chi connectivity index (χ2v) is 7.42. The van der Waals surface area contributed by atoms with Gasteiger partial charge in [-0.2, -0.15) is 0 Å². The van der Waals surface area contributed by atoms with E-state index in [9.17, 15) is 0 Å². The average molecular weight is 284 g/mol. The van der Waals surface area contributed by atoms with Crippen LogP contribution in [0.25, 0.3) is 0 Å². The lowest BCUT2D eigenvalue weighted by Crippen LogP contribution is -2.42. The summed E-state index contributed by atoms with van der Waals surface area (Å²) in [5, 5.41) is 3.77. The van der Waals surface area contributed by atoms with Crippen LogP contribution in [0.3, 0.4) is 0 Å². The molecular weight excluding hydrogens is 256 g/mol. The Balaban J connectivity index is 1.25. The Kier molecular flexibility index (Phi) is 4.00. The second kappa shape index (κ2) is 6.10. The Morgan fingerprint density at radius 2 is 1.81 bits per heavy atom. The molecular formula is C19H28N2. The van der Waals surface area contributed by atoms with Gasteiger partial charge < -0.3 is 5.32 Å². The summed E-state index contributed by atoms with van der Waals surface area (Å²) in [4.78, 5) is 2.64. The van der Waals surface area contributed by atoms with E-state index in [2.05, 4.69) is 34.5 Å². The zero-order valence-electron chi connectivity index (χ0n) is 13.1. The fraction of sp³-hybridized carbons (Fsp3) is 0.684. The maximum atomic E-state index is 3.77. The predicted octanol–water partition coefficient (Wildman–Crippen LogP) is 3.53. The van der Waals surface area contributed by atoms with Crippen LogP contribution in [0.5, 0.6) is 0 Å². The smallest absolute Gasteiger partial charge is 0.0233 e. The molecule has 0 spiro atoms. The highest BCUT2D eigenvalue weighted by Gasteiger charge is 2.25. The van der Waals surface area contributed by atoms with Crippen molar-refractivity contribution < 1.29 is 0 Å². The molecule has 0 unspecified atom stereocenters. The molecule has 114 valence electrons. The van der Waals surface area contributed by atoms with E-state index in [-0.39, 0.29) is 0 Å². The van der Waals surface area contributed by atoms with Crippen LogP contribution >= 0.6 is 0 Å². The van der Waals surface area contributed by atoms with Gasteiger partial charge in [-0.25, -0.2) is 0 Å². The third-order valence-corrected chi connectivity index (χ3v) is 5.39. The summed E-state index contributed by atoms with van der Waals surface area (Å²) in [6.07, 6.45) is 8.39. The summed E-state index contributed by atoms with van der Waals surface area (Å²) in [5.41, 5.74) is 3.09. The van der Waals surface area contributed by atoms with Crippen LogP contribution in [0.15, 0.2) is 24.3 Å². The molecule has 1 saturated heterocycles. The van der Waals surface area contributed by atoms with Crippen LogP contribution in [-0.2, 0) is 6.54 Å². The molecule has 1 heterocycles. The van der Waals surface area contributed by atoms with Gasteiger partial charge in [-0.05, 0) is 81.1 Å². The summed E-state index contributed by atoms with van der Waals surface area (Å²) in [6, 6.07) is 10.1. The topological polar surface area (TPSA) is 15.3 Å². The molecule has 2 heteroatoms. The average Bonchev–Trinajstić information content (AvgIpc) is 3.40. The molecule has 2 saturated carbocycles. The van der Waals surface area contributed by atoms with E-state index < -0.39 is 0 Å². The first-order chi connectivity index (χ1) is 10.4. The van der Waals surface area contributed by atoms with Crippen molar-refractivity contribution in [3.05, 3.63) is 35.4 Å². The summed E-state index contributed by atoms with van der Waals surface area (Å²) in [5.74, 6) is 1.88. The third-order valence-electron chi connectivity index (χ3n) is 5.39. The van der Waals surface area contributed by atoms with Crippen molar-refractivity contribution >= 4 is 0 Å². The van der Waals surface area contributed by atoms with Crippen LogP contribution < -0.4 is 5.32 Å². The molecule has 2 nitrogen and oxygen atoms in total. The van der Waals surface area contributed by atoms with Crippen molar-refractivity contribution in [2.45, 2.75) is 57.0 Å². The Morgan fingerprint density at radius 1 is 1.00 bits per heavy atom. The number of nitrogens with one attached hydrogen (secondary N) is 1. The van der Waals surface area contributed by atoms with E-state index in [0.717, 1.165) is 24.4 Å². The van der Waals surface area contributed by atoms with Gasteiger partial charge in [0.25, 0.3) is 0 Å². The predicted molar refractivity (Wildman–Crippen MR) is 87.4 cm³/mol. The van der Waals surface area contributed by atoms with Crippen molar-refractivity contribution in [1.82, 2.24) is 10.2 Å². The number of nitrogens with zero attached hydrogens (tertiary/aromatic N) is 1. The molecule has 0 aromatic heterocycles. The molecule has 3 aliphatic rings. The molecule has 3 fully saturated rings. The lowest BCUT2D eigenvalue weighted by Gasteiger charge is -2.32. The van der Waals surface area contributed by atoms with E-state index >= 15 is 0 Å². The van der Waals surface area contributed by atoms with E-state index in [1.165, 1.54) is 63.7 Å². The summed E-state index contributed by atoms with van der Waals surface area (Å²) >= 11 is 0. The fourth-order valence-electron chi connectivity index (χ4n) is 3.57. The molecule has 1 aromatic carbocycles. The van der Waals surface area contributed by atoms with Gasteiger partial charge in [0.05, 0.1) is 0 Å². The van der Waals surface area contributed by atoms with Crippen molar-refractivity contribution in [3.8, 4) is 0 Å². The number of likely N-dealkylation sites (tertiary alicyclic amines) is 1. The van der Waals surface area contributed by atoms with Gasteiger partial charge in [-0.15, -0.1) is 0 Å². The molecule has 2 aliphatic carbocycles. The van der Waals surface area contributed by atoms with E-state index in [1.807, 2.05) is 0 Å². The first-order valence-corrected chi connectivity index (χ1v) is 8.91. The molecule has 0 amide bonds. The Morgan fingerprint density at radius 3 is 2.52 bits per heavy atom. The Bertz CT molecular complexity index is 468. The highest BCUT2D eigenvalue weighted by molar-refractivity contribution is 5.29. The van der Waals surface area contributed by atoms with Gasteiger partial charge in [0.2, 0.25) is 0 Å². The lowest BCUT2D eigenvalue weighted by molar-refractivity contribution is 0.190. The van der Waals surface area contributed by atoms with E-state index in [1.54, 1.807) is 5.56 Å². The molecule has 21 heavy (non-hydrogen) atoms. The normalized spacial score (nSPS) is 24.4. The minimum atomic E-state index is 0.777.